The van der Waals surface area contributed by atoms with Crippen molar-refractivity contribution >= 4 is 44.8 Å². The molecule has 1 atom stereocenters. The lowest BCUT2D eigenvalue weighted by molar-refractivity contribution is -0.274. The molecule has 7 nitrogen and oxygen atoms in total. The fourth-order valence-corrected chi connectivity index (χ4v) is 5.24. The summed E-state index contributed by atoms with van der Waals surface area (Å²) < 4.78 is 66.2. The fourth-order valence-electron chi connectivity index (χ4n) is 2.93. The van der Waals surface area contributed by atoms with Gasteiger partial charge in [-0.25, -0.2) is 8.42 Å². The molecule has 0 saturated carbocycles. The fraction of sp³-hybridized carbons (Fsp3) is 0.300. The van der Waals surface area contributed by atoms with Crippen molar-refractivity contribution in [1.29, 1.82) is 0 Å². The normalized spacial score (nSPS) is 15.2. The highest BCUT2D eigenvalue weighted by Crippen LogP contribution is 2.33. The van der Waals surface area contributed by atoms with Crippen molar-refractivity contribution in [2.75, 3.05) is 16.4 Å². The molecule has 1 aliphatic heterocycles. The number of carbonyl (C=O) groups excluding carboxylic acids is 2. The largest absolute Gasteiger partial charge is 0.573 e. The van der Waals surface area contributed by atoms with E-state index < -0.39 is 33.1 Å². The highest BCUT2D eigenvalue weighted by atomic mass is 32.2. The standard InChI is InChI=1S/C20H19F3N2O5S2/c1-12(10-19(27)24-13-2-4-14(5-3-13)30-20(21,22)23)32(28,29)15-6-7-17-16(11-15)25-18(26)8-9-31-17/h2-7,11-12H,8-10H2,1H3,(H,24,27)(H,25,26). The molecule has 0 saturated heterocycles. The number of hydrogen-bond donors (Lipinski definition) is 2. The number of fused-ring (bicyclic) bond motifs is 1. The van der Waals surface area contributed by atoms with E-state index in [2.05, 4.69) is 15.4 Å². The number of ether oxygens (including phenoxy) is 1. The van der Waals surface area contributed by atoms with Crippen LogP contribution in [0.5, 0.6) is 5.75 Å². The van der Waals surface area contributed by atoms with Gasteiger partial charge in [-0.05, 0) is 49.4 Å². The lowest BCUT2D eigenvalue weighted by atomic mass is 10.2. The summed E-state index contributed by atoms with van der Waals surface area (Å²) in [5.41, 5.74) is 0.607. The number of hydrogen-bond acceptors (Lipinski definition) is 6. The third-order valence-corrected chi connectivity index (χ3v) is 7.73. The maximum Gasteiger partial charge on any atom is 0.573 e. The zero-order chi connectivity index (χ0) is 23.5. The van der Waals surface area contributed by atoms with Crippen LogP contribution in [0.15, 0.2) is 52.3 Å². The van der Waals surface area contributed by atoms with Gasteiger partial charge in [-0.15, -0.1) is 24.9 Å². The van der Waals surface area contributed by atoms with E-state index >= 15 is 0 Å². The van der Waals surface area contributed by atoms with Crippen LogP contribution in [-0.4, -0.2) is 37.6 Å². The van der Waals surface area contributed by atoms with Crippen molar-refractivity contribution in [1.82, 2.24) is 0 Å². The third kappa shape index (κ3) is 6.16. The number of alkyl halides is 3. The summed E-state index contributed by atoms with van der Waals surface area (Å²) in [5, 5.41) is 4.05. The van der Waals surface area contributed by atoms with Gasteiger partial charge in [0.15, 0.2) is 9.84 Å². The monoisotopic (exact) mass is 488 g/mol. The van der Waals surface area contributed by atoms with Gasteiger partial charge >= 0.3 is 6.36 Å². The van der Waals surface area contributed by atoms with E-state index in [4.69, 9.17) is 0 Å². The Morgan fingerprint density at radius 2 is 1.91 bits per heavy atom. The minimum Gasteiger partial charge on any atom is -0.406 e. The van der Waals surface area contributed by atoms with E-state index in [1.165, 1.54) is 43.0 Å². The number of amides is 2. The average molecular weight is 489 g/mol. The van der Waals surface area contributed by atoms with Crippen LogP contribution in [0, 0.1) is 0 Å². The van der Waals surface area contributed by atoms with Crippen molar-refractivity contribution in [3.05, 3.63) is 42.5 Å². The Bertz CT molecular complexity index is 1120. The maximum absolute atomic E-state index is 12.9. The smallest absolute Gasteiger partial charge is 0.406 e. The van der Waals surface area contributed by atoms with Gasteiger partial charge in [0.1, 0.15) is 5.75 Å². The molecule has 3 rings (SSSR count). The molecule has 1 heterocycles. The van der Waals surface area contributed by atoms with Gasteiger partial charge in [0.2, 0.25) is 11.8 Å². The first-order valence-electron chi connectivity index (χ1n) is 9.40. The molecule has 0 bridgehead atoms. The van der Waals surface area contributed by atoms with Crippen LogP contribution < -0.4 is 15.4 Å². The second-order valence-electron chi connectivity index (χ2n) is 6.98. The number of sulfone groups is 1. The van der Waals surface area contributed by atoms with Gasteiger partial charge in [0, 0.05) is 29.2 Å². The second-order valence-corrected chi connectivity index (χ2v) is 10.5. The Morgan fingerprint density at radius 1 is 1.22 bits per heavy atom. The van der Waals surface area contributed by atoms with Crippen LogP contribution in [0.3, 0.4) is 0 Å². The quantitative estimate of drug-likeness (QED) is 0.632. The van der Waals surface area contributed by atoms with Crippen molar-refractivity contribution in [3.8, 4) is 5.75 Å². The number of nitrogens with one attached hydrogen (secondary N) is 2. The lowest BCUT2D eigenvalue weighted by Crippen LogP contribution is -2.25. The van der Waals surface area contributed by atoms with Gasteiger partial charge in [-0.3, -0.25) is 9.59 Å². The topological polar surface area (TPSA) is 102 Å². The number of carbonyl (C=O) groups is 2. The molecule has 1 unspecified atom stereocenters. The Kier molecular flexibility index (Phi) is 7.03. The molecule has 0 radical (unpaired) electrons. The zero-order valence-electron chi connectivity index (χ0n) is 16.7. The van der Waals surface area contributed by atoms with Gasteiger partial charge in [-0.1, -0.05) is 0 Å². The predicted octanol–water partition coefficient (Wildman–Crippen LogP) is 4.21. The molecular weight excluding hydrogens is 469 g/mol. The number of anilines is 2. The second kappa shape index (κ2) is 9.41. The first-order valence-corrected chi connectivity index (χ1v) is 11.9. The van der Waals surface area contributed by atoms with E-state index in [-0.39, 0.29) is 22.9 Å². The SMILES string of the molecule is CC(CC(=O)Nc1ccc(OC(F)(F)F)cc1)S(=O)(=O)c1ccc2c(c1)NC(=O)CCS2. The summed E-state index contributed by atoms with van der Waals surface area (Å²) in [6, 6.07) is 8.93. The summed E-state index contributed by atoms with van der Waals surface area (Å²) in [4.78, 5) is 24.8. The van der Waals surface area contributed by atoms with E-state index in [1.807, 2.05) is 0 Å². The van der Waals surface area contributed by atoms with Crippen molar-refractivity contribution in [3.63, 3.8) is 0 Å². The van der Waals surface area contributed by atoms with Crippen LogP contribution in [0.1, 0.15) is 19.8 Å². The maximum atomic E-state index is 12.9. The highest BCUT2D eigenvalue weighted by Gasteiger charge is 2.31. The van der Waals surface area contributed by atoms with Crippen molar-refractivity contribution in [2.45, 2.75) is 41.2 Å². The number of benzene rings is 2. The van der Waals surface area contributed by atoms with E-state index in [0.717, 1.165) is 17.0 Å². The van der Waals surface area contributed by atoms with Crippen LogP contribution in [-0.2, 0) is 19.4 Å². The Labute approximate surface area is 186 Å². The first-order chi connectivity index (χ1) is 14.9. The molecule has 172 valence electrons. The van der Waals surface area contributed by atoms with Crippen LogP contribution >= 0.6 is 11.8 Å². The molecule has 2 N–H and O–H groups in total. The molecule has 2 aromatic carbocycles. The third-order valence-electron chi connectivity index (χ3n) is 4.51. The molecule has 1 aliphatic rings. The summed E-state index contributed by atoms with van der Waals surface area (Å²) >= 11 is 1.44. The number of thioether (sulfide) groups is 1. The zero-order valence-corrected chi connectivity index (χ0v) is 18.4. The molecule has 12 heteroatoms. The van der Waals surface area contributed by atoms with E-state index in [1.54, 1.807) is 6.07 Å². The Balaban J connectivity index is 1.66. The van der Waals surface area contributed by atoms with Crippen LogP contribution in [0.4, 0.5) is 24.5 Å². The van der Waals surface area contributed by atoms with Crippen LogP contribution in [0.2, 0.25) is 0 Å². The molecule has 0 aromatic heterocycles. The first kappa shape index (κ1) is 23.9. The highest BCUT2D eigenvalue weighted by molar-refractivity contribution is 7.99. The van der Waals surface area contributed by atoms with Gasteiger partial charge in [0.05, 0.1) is 15.8 Å². The molecule has 32 heavy (non-hydrogen) atoms. The molecule has 2 amide bonds. The molecule has 2 aromatic rings. The minimum absolute atomic E-state index is 0.0204. The van der Waals surface area contributed by atoms with Crippen LogP contribution in [0.25, 0.3) is 0 Å². The summed E-state index contributed by atoms with van der Waals surface area (Å²) in [6.45, 7) is 1.38. The molecule has 0 fully saturated rings. The summed E-state index contributed by atoms with van der Waals surface area (Å²) in [5.74, 6) is -0.681. The summed E-state index contributed by atoms with van der Waals surface area (Å²) in [7, 11) is -3.88. The molecular formula is C20H19F3N2O5S2. The van der Waals surface area contributed by atoms with Gasteiger partial charge in [0.25, 0.3) is 0 Å². The predicted molar refractivity (Wildman–Crippen MR) is 113 cm³/mol. The van der Waals surface area contributed by atoms with Crippen molar-refractivity contribution in [2.24, 2.45) is 0 Å². The Hall–Kier alpha value is -2.73. The minimum atomic E-state index is -4.83. The lowest BCUT2D eigenvalue weighted by Gasteiger charge is -2.15. The number of rotatable bonds is 6. The number of halogens is 3. The van der Waals surface area contributed by atoms with Gasteiger partial charge < -0.3 is 15.4 Å². The Morgan fingerprint density at radius 3 is 2.56 bits per heavy atom. The average Bonchev–Trinajstić information content (AvgIpc) is 2.88. The van der Waals surface area contributed by atoms with E-state index in [9.17, 15) is 31.2 Å². The van der Waals surface area contributed by atoms with Crippen molar-refractivity contribution < 1.29 is 35.9 Å². The van der Waals surface area contributed by atoms with E-state index in [0.29, 0.717) is 17.9 Å². The van der Waals surface area contributed by atoms with Gasteiger partial charge in [-0.2, -0.15) is 0 Å². The molecule has 0 spiro atoms. The summed E-state index contributed by atoms with van der Waals surface area (Å²) in [6.07, 6.45) is -4.88. The molecule has 0 aliphatic carbocycles.